The lowest BCUT2D eigenvalue weighted by atomic mass is 9.95. The van der Waals surface area contributed by atoms with Crippen molar-refractivity contribution in [3.63, 3.8) is 0 Å². The Balaban J connectivity index is 1.45. The molecule has 0 radical (unpaired) electrons. The fraction of sp³-hybridized carbons (Fsp3) is 0.455. The molecule has 0 aromatic carbocycles. The van der Waals surface area contributed by atoms with E-state index in [0.717, 1.165) is 18.7 Å². The topological polar surface area (TPSA) is 102 Å². The molecule has 2 atom stereocenters. The highest BCUT2D eigenvalue weighted by molar-refractivity contribution is 6.44. The summed E-state index contributed by atoms with van der Waals surface area (Å²) in [7, 11) is 0. The highest BCUT2D eigenvalue weighted by Gasteiger charge is 2.61. The summed E-state index contributed by atoms with van der Waals surface area (Å²) >= 11 is 0. The molecule has 2 amide bonds. The zero-order valence-corrected chi connectivity index (χ0v) is 18.2. The van der Waals surface area contributed by atoms with Crippen molar-refractivity contribution in [2.24, 2.45) is 5.92 Å². The molecule has 0 unspecified atom stereocenters. The van der Waals surface area contributed by atoms with E-state index in [-0.39, 0.29) is 34.5 Å². The van der Waals surface area contributed by atoms with Gasteiger partial charge in [-0.25, -0.2) is 8.78 Å². The lowest BCUT2D eigenvalue weighted by Crippen LogP contribution is -2.71. The van der Waals surface area contributed by atoms with Gasteiger partial charge in [-0.1, -0.05) is 0 Å². The van der Waals surface area contributed by atoms with E-state index in [9.17, 15) is 36.3 Å². The monoisotopic (exact) mass is 498 g/mol. The maximum atomic E-state index is 13.4. The number of ketones is 1. The first-order valence-corrected chi connectivity index (χ1v) is 10.7. The molecular weight excluding hydrogens is 479 g/mol. The number of pyridine rings is 1. The summed E-state index contributed by atoms with van der Waals surface area (Å²) in [5.41, 5.74) is -2.62. The van der Waals surface area contributed by atoms with Crippen molar-refractivity contribution in [2.75, 3.05) is 18.5 Å². The Labute approximate surface area is 194 Å². The number of hydrogen-bond acceptors (Lipinski definition) is 5. The number of alkyl halides is 5. The molecule has 2 aromatic heterocycles. The predicted octanol–water partition coefficient (Wildman–Crippen LogP) is 3.13. The van der Waals surface area contributed by atoms with Crippen LogP contribution in [-0.2, 0) is 16.0 Å². The number of fused-ring (bicyclic) bond motifs is 3. The van der Waals surface area contributed by atoms with Crippen LogP contribution >= 0.6 is 0 Å². The number of carbonyl (C=O) groups is 3. The smallest absolute Gasteiger partial charge is 0.376 e. The number of aromatic nitrogens is 2. The average molecular weight is 498 g/mol. The van der Waals surface area contributed by atoms with Gasteiger partial charge in [0.1, 0.15) is 11.4 Å². The Morgan fingerprint density at radius 1 is 1.26 bits per heavy atom. The third-order valence-corrected chi connectivity index (χ3v) is 6.73. The predicted molar refractivity (Wildman–Crippen MR) is 109 cm³/mol. The van der Waals surface area contributed by atoms with Gasteiger partial charge in [0.15, 0.2) is 5.54 Å². The Kier molecular flexibility index (Phi) is 5.24. The van der Waals surface area contributed by atoms with Gasteiger partial charge in [0.2, 0.25) is 0 Å². The van der Waals surface area contributed by atoms with Crippen LogP contribution < -0.4 is 10.6 Å². The van der Waals surface area contributed by atoms with Crippen LogP contribution in [-0.4, -0.2) is 52.1 Å². The van der Waals surface area contributed by atoms with E-state index in [1.807, 2.05) is 0 Å². The number of carbonyl (C=O) groups excluding carboxylic acids is 3. The van der Waals surface area contributed by atoms with Gasteiger partial charge in [-0.3, -0.25) is 19.4 Å². The first-order valence-electron chi connectivity index (χ1n) is 10.7. The Hall–Kier alpha value is -3.35. The highest BCUT2D eigenvalue weighted by atomic mass is 19.4. The van der Waals surface area contributed by atoms with E-state index < -0.39 is 54.6 Å². The summed E-state index contributed by atoms with van der Waals surface area (Å²) in [5, 5.41) is 4.29. The lowest BCUT2D eigenvalue weighted by molar-refractivity contribution is -0.265. The van der Waals surface area contributed by atoms with Crippen LogP contribution in [0.3, 0.4) is 0 Å². The number of halogens is 5. The minimum Gasteiger partial charge on any atom is -0.376 e. The molecule has 2 N–H and O–H groups in total. The number of amides is 2. The number of ether oxygens (including phenoxy) is 1. The zero-order chi connectivity index (χ0) is 25.3. The van der Waals surface area contributed by atoms with E-state index in [2.05, 4.69) is 15.0 Å². The summed E-state index contributed by atoms with van der Waals surface area (Å²) in [6.45, 7) is -0.166. The molecule has 4 heterocycles. The van der Waals surface area contributed by atoms with Crippen LogP contribution in [0.15, 0.2) is 18.3 Å². The van der Waals surface area contributed by atoms with Gasteiger partial charge in [-0.2, -0.15) is 13.2 Å². The van der Waals surface area contributed by atoms with Crippen molar-refractivity contribution in [1.29, 1.82) is 0 Å². The zero-order valence-electron chi connectivity index (χ0n) is 18.2. The molecule has 1 saturated carbocycles. The van der Waals surface area contributed by atoms with Gasteiger partial charge in [0.05, 0.1) is 18.8 Å². The van der Waals surface area contributed by atoms with Gasteiger partial charge in [-0.05, 0) is 43.4 Å². The van der Waals surface area contributed by atoms with Crippen molar-refractivity contribution in [2.45, 2.75) is 43.9 Å². The maximum Gasteiger partial charge on any atom is 0.416 e. The van der Waals surface area contributed by atoms with Gasteiger partial charge in [0, 0.05) is 23.6 Å². The van der Waals surface area contributed by atoms with Gasteiger partial charge in [-0.15, -0.1) is 0 Å². The minimum atomic E-state index is -4.81. The highest BCUT2D eigenvalue weighted by Crippen LogP contribution is 2.54. The molecule has 35 heavy (non-hydrogen) atoms. The second-order valence-electron chi connectivity index (χ2n) is 9.01. The largest absolute Gasteiger partial charge is 0.416 e. The summed E-state index contributed by atoms with van der Waals surface area (Å²) < 4.78 is 72.5. The summed E-state index contributed by atoms with van der Waals surface area (Å²) in [4.78, 5) is 42.3. The van der Waals surface area contributed by atoms with Gasteiger partial charge >= 0.3 is 6.18 Å². The van der Waals surface area contributed by atoms with E-state index in [4.69, 9.17) is 0 Å². The number of rotatable bonds is 6. The molecule has 1 saturated heterocycles. The minimum absolute atomic E-state index is 0.0586. The normalized spacial score (nSPS) is 21.7. The van der Waals surface area contributed by atoms with Crippen molar-refractivity contribution in [3.05, 3.63) is 46.5 Å². The number of Topliss-reactive ketones (excluding diaryl/α,β-unsaturated/α-hetero) is 1. The molecule has 186 valence electrons. The second-order valence-corrected chi connectivity index (χ2v) is 9.01. The van der Waals surface area contributed by atoms with E-state index >= 15 is 0 Å². The van der Waals surface area contributed by atoms with Gasteiger partial charge in [0.25, 0.3) is 24.0 Å². The van der Waals surface area contributed by atoms with Crippen LogP contribution in [0.5, 0.6) is 0 Å². The summed E-state index contributed by atoms with van der Waals surface area (Å²) in [6.07, 6.45) is -5.40. The fourth-order valence-corrected chi connectivity index (χ4v) is 4.77. The number of nitrogens with one attached hydrogen (secondary N) is 2. The average Bonchev–Trinajstić information content (AvgIpc) is 3.33. The lowest BCUT2D eigenvalue weighted by Gasteiger charge is -2.42. The van der Waals surface area contributed by atoms with Crippen molar-refractivity contribution in [3.8, 4) is 0 Å². The Morgan fingerprint density at radius 3 is 2.57 bits per heavy atom. The third-order valence-electron chi connectivity index (χ3n) is 6.73. The van der Waals surface area contributed by atoms with E-state index in [1.165, 1.54) is 13.0 Å². The quantitative estimate of drug-likeness (QED) is 0.362. The van der Waals surface area contributed by atoms with Crippen molar-refractivity contribution < 1.29 is 41.1 Å². The molecule has 2 aromatic rings. The molecule has 3 aliphatic rings. The van der Waals surface area contributed by atoms with Crippen LogP contribution in [0, 0.1) is 12.8 Å². The maximum absolute atomic E-state index is 13.4. The van der Waals surface area contributed by atoms with Crippen LogP contribution in [0.4, 0.5) is 27.6 Å². The van der Waals surface area contributed by atoms with E-state index in [1.54, 1.807) is 9.88 Å². The van der Waals surface area contributed by atoms with Crippen LogP contribution in [0.1, 0.15) is 56.7 Å². The second kappa shape index (κ2) is 7.83. The molecule has 8 nitrogen and oxygen atoms in total. The Morgan fingerprint density at radius 2 is 1.97 bits per heavy atom. The summed E-state index contributed by atoms with van der Waals surface area (Å²) in [6, 6.07) is 2.26. The van der Waals surface area contributed by atoms with E-state index in [0.29, 0.717) is 12.1 Å². The molecule has 2 fully saturated rings. The molecule has 5 rings (SSSR count). The standard InChI is InChI=1S/C22H19F5N4O4/c1-9-15(17(32)20(34)30-21(7-35-8-21)22(25,26)27)14-5-10-4-13(10)31(14)16(9)19(33)29-11-2-3-28-12(6-11)18(23)24/h2-3,6,10,13,18H,4-5,7-8H2,1H3,(H,30,34)(H,28,29,33)/t10-,13-/m1/s1. The first kappa shape index (κ1) is 23.4. The summed E-state index contributed by atoms with van der Waals surface area (Å²) in [5.74, 6) is -3.16. The van der Waals surface area contributed by atoms with Crippen molar-refractivity contribution >= 4 is 23.3 Å². The molecule has 0 spiro atoms. The molecule has 13 heteroatoms. The van der Waals surface area contributed by atoms with Gasteiger partial charge < -0.3 is 19.9 Å². The number of anilines is 1. The number of hydrogen-bond donors (Lipinski definition) is 2. The van der Waals surface area contributed by atoms with Crippen molar-refractivity contribution in [1.82, 2.24) is 14.9 Å². The SMILES string of the molecule is Cc1c(C(=O)C(=O)NC2(C(F)(F)F)COC2)c2n(c1C(=O)Nc1ccnc(C(F)F)c1)[C@@H]1C[C@@H]1C2. The molecular formula is C22H19F5N4O4. The molecule has 0 bridgehead atoms. The Bertz CT molecular complexity index is 1250. The number of nitrogens with zero attached hydrogens (tertiary/aromatic N) is 2. The third kappa shape index (κ3) is 3.68. The molecule has 1 aliphatic carbocycles. The molecule has 2 aliphatic heterocycles. The van der Waals surface area contributed by atoms with Crippen LogP contribution in [0.25, 0.3) is 0 Å². The first-order chi connectivity index (χ1) is 16.4. The van der Waals surface area contributed by atoms with Crippen LogP contribution in [0.2, 0.25) is 0 Å². The fourth-order valence-electron chi connectivity index (χ4n) is 4.77.